The lowest BCUT2D eigenvalue weighted by Crippen LogP contribution is -2.45. The molecule has 0 fully saturated rings. The van der Waals surface area contributed by atoms with Crippen molar-refractivity contribution in [3.63, 3.8) is 0 Å². The van der Waals surface area contributed by atoms with Gasteiger partial charge in [-0.05, 0) is 32.8 Å². The van der Waals surface area contributed by atoms with Crippen LogP contribution in [0.3, 0.4) is 0 Å². The fourth-order valence-electron chi connectivity index (χ4n) is 1.48. The lowest BCUT2D eigenvalue weighted by molar-refractivity contribution is -0.115. The fourth-order valence-corrected chi connectivity index (χ4v) is 3.69. The van der Waals surface area contributed by atoms with Gasteiger partial charge in [-0.2, -0.15) is 0 Å². The molecule has 0 aromatic carbocycles. The Morgan fingerprint density at radius 3 is 2.18 bits per heavy atom. The monoisotopic (exact) mass is 260 g/mol. The van der Waals surface area contributed by atoms with Crippen LogP contribution in [0.5, 0.6) is 0 Å². The summed E-state index contributed by atoms with van der Waals surface area (Å²) in [6.07, 6.45) is 1.23. The molecule has 17 heavy (non-hydrogen) atoms. The summed E-state index contributed by atoms with van der Waals surface area (Å²) >= 11 is 0. The third kappa shape index (κ3) is 6.12. The van der Waals surface area contributed by atoms with E-state index in [9.17, 15) is 4.79 Å². The average molecular weight is 260 g/mol. The van der Waals surface area contributed by atoms with Crippen molar-refractivity contribution in [2.24, 2.45) is 0 Å². The first kappa shape index (κ1) is 16.5. The van der Waals surface area contributed by atoms with Gasteiger partial charge in [-0.15, -0.1) is 0 Å². The maximum Gasteiger partial charge on any atom is 0.500 e. The summed E-state index contributed by atoms with van der Waals surface area (Å²) in [5, 5.41) is 0. The Hall–Kier alpha value is -0.493. The molecule has 0 aliphatic rings. The molecule has 0 rings (SSSR count). The maximum atomic E-state index is 11.4. The number of ketones is 1. The van der Waals surface area contributed by atoms with Gasteiger partial charge in [-0.3, -0.25) is 4.79 Å². The van der Waals surface area contributed by atoms with E-state index in [4.69, 9.17) is 13.3 Å². The quantitative estimate of drug-likeness (QED) is 0.472. The predicted molar refractivity (Wildman–Crippen MR) is 69.9 cm³/mol. The molecule has 0 aliphatic heterocycles. The summed E-state index contributed by atoms with van der Waals surface area (Å²) in [4.78, 5) is 11.4. The van der Waals surface area contributed by atoms with Crippen molar-refractivity contribution in [1.82, 2.24) is 0 Å². The van der Waals surface area contributed by atoms with Crippen LogP contribution >= 0.6 is 0 Å². The fraction of sp³-hybridized carbons (Fsp3) is 0.750. The first-order valence-electron chi connectivity index (χ1n) is 5.83. The highest BCUT2D eigenvalue weighted by Crippen LogP contribution is 2.19. The molecule has 0 saturated heterocycles. The molecular formula is C12H24O4Si. The van der Waals surface area contributed by atoms with E-state index in [1.165, 1.54) is 0 Å². The summed E-state index contributed by atoms with van der Waals surface area (Å²) in [6, 6.07) is 0.650. The van der Waals surface area contributed by atoms with Crippen LogP contribution in [0.2, 0.25) is 6.04 Å². The Morgan fingerprint density at radius 1 is 1.29 bits per heavy atom. The smallest absolute Gasteiger partial charge is 0.377 e. The highest BCUT2D eigenvalue weighted by molar-refractivity contribution is 6.60. The lowest BCUT2D eigenvalue weighted by Gasteiger charge is -2.28. The SMILES string of the molecule is C=C(C)C(=O)CCC[Si](OC)(OC)OC(C)C. The number of rotatable bonds is 9. The van der Waals surface area contributed by atoms with Crippen molar-refractivity contribution in [1.29, 1.82) is 0 Å². The van der Waals surface area contributed by atoms with Crippen molar-refractivity contribution >= 4 is 14.6 Å². The predicted octanol–water partition coefficient (Wildman–Crippen LogP) is 2.57. The molecular weight excluding hydrogens is 236 g/mol. The minimum atomic E-state index is -2.59. The average Bonchev–Trinajstić information content (AvgIpc) is 2.26. The number of carbonyl (C=O) groups is 1. The summed E-state index contributed by atoms with van der Waals surface area (Å²) in [5.41, 5.74) is 0.594. The van der Waals surface area contributed by atoms with Crippen LogP contribution < -0.4 is 0 Å². The summed E-state index contributed by atoms with van der Waals surface area (Å²) in [5.74, 6) is 0.0876. The van der Waals surface area contributed by atoms with Crippen molar-refractivity contribution in [3.8, 4) is 0 Å². The first-order chi connectivity index (χ1) is 7.87. The normalized spacial score (nSPS) is 11.9. The van der Waals surface area contributed by atoms with Gasteiger partial charge in [-0.1, -0.05) is 6.58 Å². The third-order valence-electron chi connectivity index (χ3n) is 2.40. The van der Waals surface area contributed by atoms with Gasteiger partial charge in [-0.25, -0.2) is 0 Å². The van der Waals surface area contributed by atoms with Gasteiger partial charge < -0.3 is 13.3 Å². The molecule has 0 aliphatic carbocycles. The number of Topliss-reactive ketones (excluding diaryl/α,β-unsaturated/α-hetero) is 1. The lowest BCUT2D eigenvalue weighted by atomic mass is 10.1. The Labute approximate surface area is 105 Å². The Bertz CT molecular complexity index is 259. The minimum absolute atomic E-state index is 0.0541. The van der Waals surface area contributed by atoms with Crippen LogP contribution in [0.1, 0.15) is 33.6 Å². The molecule has 100 valence electrons. The van der Waals surface area contributed by atoms with Crippen LogP contribution in [0.15, 0.2) is 12.2 Å². The molecule has 0 N–H and O–H groups in total. The molecule has 5 heteroatoms. The second-order valence-corrected chi connectivity index (χ2v) is 7.23. The molecule has 0 saturated carbocycles. The Morgan fingerprint density at radius 2 is 1.82 bits per heavy atom. The zero-order valence-electron chi connectivity index (χ0n) is 11.5. The van der Waals surface area contributed by atoms with E-state index in [0.29, 0.717) is 24.5 Å². The zero-order chi connectivity index (χ0) is 13.5. The highest BCUT2D eigenvalue weighted by atomic mass is 28.4. The zero-order valence-corrected chi connectivity index (χ0v) is 12.5. The summed E-state index contributed by atoms with van der Waals surface area (Å²) in [7, 11) is 0.602. The van der Waals surface area contributed by atoms with Crippen molar-refractivity contribution in [2.45, 2.75) is 45.8 Å². The molecule has 0 unspecified atom stereocenters. The van der Waals surface area contributed by atoms with Crippen LogP contribution in [-0.4, -0.2) is 34.9 Å². The van der Waals surface area contributed by atoms with Crippen molar-refractivity contribution in [3.05, 3.63) is 12.2 Å². The van der Waals surface area contributed by atoms with E-state index < -0.39 is 8.80 Å². The van der Waals surface area contributed by atoms with Crippen molar-refractivity contribution in [2.75, 3.05) is 14.2 Å². The van der Waals surface area contributed by atoms with Crippen molar-refractivity contribution < 1.29 is 18.1 Å². The molecule has 0 amide bonds. The van der Waals surface area contributed by atoms with E-state index in [1.807, 2.05) is 13.8 Å². The van der Waals surface area contributed by atoms with E-state index in [2.05, 4.69) is 6.58 Å². The van der Waals surface area contributed by atoms with Crippen LogP contribution in [-0.2, 0) is 18.1 Å². The molecule has 0 aromatic rings. The summed E-state index contributed by atoms with van der Waals surface area (Å²) < 4.78 is 16.5. The molecule has 0 atom stereocenters. The van der Waals surface area contributed by atoms with Crippen LogP contribution in [0.25, 0.3) is 0 Å². The highest BCUT2D eigenvalue weighted by Gasteiger charge is 2.39. The van der Waals surface area contributed by atoms with Gasteiger partial charge in [0.05, 0.1) is 0 Å². The minimum Gasteiger partial charge on any atom is -0.377 e. The Balaban J connectivity index is 4.26. The van der Waals surface area contributed by atoms with E-state index in [0.717, 1.165) is 0 Å². The van der Waals surface area contributed by atoms with Gasteiger partial charge in [0.2, 0.25) is 0 Å². The van der Waals surface area contributed by atoms with Gasteiger partial charge in [0.1, 0.15) is 0 Å². The number of carbonyl (C=O) groups excluding carboxylic acids is 1. The number of hydrogen-bond donors (Lipinski definition) is 0. The standard InChI is InChI=1S/C12H24O4Si/c1-10(2)12(13)8-7-9-17(14-5,15-6)16-11(3)4/h11H,1,7-9H2,2-6H3. The molecule has 0 aromatic heterocycles. The van der Waals surface area contributed by atoms with Gasteiger partial charge in [0, 0.05) is 32.8 Å². The van der Waals surface area contributed by atoms with Gasteiger partial charge in [0.15, 0.2) is 5.78 Å². The Kier molecular flexibility index (Phi) is 7.54. The van der Waals surface area contributed by atoms with Gasteiger partial charge in [0.25, 0.3) is 0 Å². The molecule has 0 radical (unpaired) electrons. The van der Waals surface area contributed by atoms with Crippen LogP contribution in [0.4, 0.5) is 0 Å². The number of allylic oxidation sites excluding steroid dienone is 1. The second kappa shape index (κ2) is 7.76. The molecule has 0 bridgehead atoms. The van der Waals surface area contributed by atoms with E-state index in [-0.39, 0.29) is 11.9 Å². The topological polar surface area (TPSA) is 44.8 Å². The van der Waals surface area contributed by atoms with E-state index in [1.54, 1.807) is 21.1 Å². The first-order valence-corrected chi connectivity index (χ1v) is 7.77. The molecule has 0 heterocycles. The van der Waals surface area contributed by atoms with Gasteiger partial charge >= 0.3 is 8.80 Å². The maximum absolute atomic E-state index is 11.4. The largest absolute Gasteiger partial charge is 0.500 e. The summed E-state index contributed by atoms with van der Waals surface area (Å²) in [6.45, 7) is 9.24. The molecule has 4 nitrogen and oxygen atoms in total. The van der Waals surface area contributed by atoms with E-state index >= 15 is 0 Å². The number of hydrogen-bond acceptors (Lipinski definition) is 4. The van der Waals surface area contributed by atoms with Crippen LogP contribution in [0, 0.1) is 0 Å². The molecule has 0 spiro atoms. The second-order valence-electron chi connectivity index (χ2n) is 4.31. The third-order valence-corrected chi connectivity index (χ3v) is 5.44.